The average Bonchev–Trinajstić information content (AvgIpc) is 3.00. The lowest BCUT2D eigenvalue weighted by Gasteiger charge is -2.17. The lowest BCUT2D eigenvalue weighted by atomic mass is 9.98. The van der Waals surface area contributed by atoms with Gasteiger partial charge in [-0.05, 0) is 18.2 Å². The van der Waals surface area contributed by atoms with Crippen LogP contribution in [0.3, 0.4) is 0 Å². The Labute approximate surface area is 151 Å². The molecule has 0 aliphatic rings. The number of benzene rings is 2. The largest absolute Gasteiger partial charge is 0.388 e. The van der Waals surface area contributed by atoms with Gasteiger partial charge in [0.1, 0.15) is 5.52 Å². The van der Waals surface area contributed by atoms with Crippen LogP contribution in [0.1, 0.15) is 0 Å². The van der Waals surface area contributed by atoms with Crippen LogP contribution < -0.4 is 26.8 Å². The lowest BCUT2D eigenvalue weighted by molar-refractivity contribution is -0.109. The molecule has 0 saturated heterocycles. The fourth-order valence-electron chi connectivity index (χ4n) is 3.14. The summed E-state index contributed by atoms with van der Waals surface area (Å²) in [6, 6.07) is 10.1. The van der Waals surface area contributed by atoms with Crippen LogP contribution in [-0.2, 0) is 11.8 Å². The Morgan fingerprint density at radius 2 is 1.73 bits per heavy atom. The van der Waals surface area contributed by atoms with Crippen molar-refractivity contribution < 1.29 is 4.79 Å². The monoisotopic (exact) mass is 353 g/mol. The van der Waals surface area contributed by atoms with Crippen LogP contribution in [0.4, 0.5) is 22.9 Å². The van der Waals surface area contributed by atoms with Gasteiger partial charge in [-0.3, -0.25) is 20.3 Å². The molecule has 0 atom stereocenters. The molecular formula is C18H23N7O. The molecule has 0 radical (unpaired) electrons. The summed E-state index contributed by atoms with van der Waals surface area (Å²) in [7, 11) is 7.53. The first-order valence-electron chi connectivity index (χ1n) is 8.27. The van der Waals surface area contributed by atoms with Crippen LogP contribution in [-0.4, -0.2) is 37.3 Å². The zero-order chi connectivity index (χ0) is 18.7. The van der Waals surface area contributed by atoms with Crippen molar-refractivity contribution in [3.8, 4) is 11.1 Å². The molecule has 0 unspecified atom stereocenters. The highest BCUT2D eigenvalue weighted by Gasteiger charge is 2.18. The Morgan fingerprint density at radius 1 is 1.04 bits per heavy atom. The number of rotatable bonds is 7. The fraction of sp³-hybridized carbons (Fsp3) is 0.222. The van der Waals surface area contributed by atoms with Crippen molar-refractivity contribution in [2.24, 2.45) is 7.05 Å². The van der Waals surface area contributed by atoms with Crippen molar-refractivity contribution in [1.82, 2.24) is 15.2 Å². The molecule has 8 nitrogen and oxygen atoms in total. The Hall–Kier alpha value is -3.42. The van der Waals surface area contributed by atoms with Gasteiger partial charge in [-0.25, -0.2) is 0 Å². The van der Waals surface area contributed by atoms with E-state index in [2.05, 4.69) is 44.0 Å². The summed E-state index contributed by atoms with van der Waals surface area (Å²) in [5.41, 5.74) is 11.2. The van der Waals surface area contributed by atoms with E-state index in [1.165, 1.54) is 0 Å². The van der Waals surface area contributed by atoms with Gasteiger partial charge in [-0.1, -0.05) is 12.1 Å². The summed E-state index contributed by atoms with van der Waals surface area (Å²) in [6.45, 7) is 0. The molecule has 136 valence electrons. The fourth-order valence-corrected chi connectivity index (χ4v) is 3.14. The molecule has 5 N–H and O–H groups in total. The smallest absolute Gasteiger partial charge is 0.225 e. The molecule has 1 heterocycles. The van der Waals surface area contributed by atoms with Gasteiger partial charge in [0.05, 0.1) is 0 Å². The number of nitrogens with zero attached hydrogens (tertiary/aromatic N) is 2. The first-order valence-corrected chi connectivity index (χ1v) is 8.27. The number of aromatic nitrogens is 2. The predicted octanol–water partition coefficient (Wildman–Crippen LogP) is 2.44. The quantitative estimate of drug-likeness (QED) is 0.331. The molecule has 0 saturated carbocycles. The molecule has 8 heteroatoms. The van der Waals surface area contributed by atoms with Crippen LogP contribution in [0.15, 0.2) is 30.3 Å². The number of carbonyl (C=O) groups is 1. The van der Waals surface area contributed by atoms with Gasteiger partial charge in [-0.15, -0.1) is 0 Å². The number of aryl methyl sites for hydroxylation is 1. The maximum atomic E-state index is 10.6. The Kier molecular flexibility index (Phi) is 4.83. The molecule has 0 spiro atoms. The van der Waals surface area contributed by atoms with Crippen LogP contribution >= 0.6 is 0 Å². The number of hydrazine groups is 1. The summed E-state index contributed by atoms with van der Waals surface area (Å²) < 4.78 is 1.71. The third-order valence-corrected chi connectivity index (χ3v) is 4.35. The molecule has 0 fully saturated rings. The lowest BCUT2D eigenvalue weighted by Crippen LogP contribution is -2.21. The van der Waals surface area contributed by atoms with Gasteiger partial charge in [0.2, 0.25) is 6.41 Å². The van der Waals surface area contributed by atoms with Gasteiger partial charge in [0.25, 0.3) is 0 Å². The summed E-state index contributed by atoms with van der Waals surface area (Å²) in [6.07, 6.45) is 0.595. The zero-order valence-electron chi connectivity index (χ0n) is 15.3. The van der Waals surface area contributed by atoms with Gasteiger partial charge in [0, 0.05) is 61.8 Å². The number of carbonyl (C=O) groups excluding carboxylic acids is 1. The number of fused-ring (bicyclic) bond motifs is 1. The first-order chi connectivity index (χ1) is 12.6. The summed E-state index contributed by atoms with van der Waals surface area (Å²) in [4.78, 5) is 10.6. The highest BCUT2D eigenvalue weighted by molar-refractivity contribution is 6.05. The average molecular weight is 353 g/mol. The van der Waals surface area contributed by atoms with Crippen LogP contribution in [0.2, 0.25) is 0 Å². The minimum Gasteiger partial charge on any atom is -0.388 e. The van der Waals surface area contributed by atoms with Crippen molar-refractivity contribution >= 4 is 40.2 Å². The van der Waals surface area contributed by atoms with E-state index in [9.17, 15) is 4.79 Å². The normalized spacial score (nSPS) is 10.5. The highest BCUT2D eigenvalue weighted by atomic mass is 16.1. The van der Waals surface area contributed by atoms with Crippen molar-refractivity contribution in [2.45, 2.75) is 0 Å². The van der Waals surface area contributed by atoms with Gasteiger partial charge in [-0.2, -0.15) is 5.10 Å². The summed E-state index contributed by atoms with van der Waals surface area (Å²) in [5, 5.41) is 15.3. The molecule has 3 rings (SSSR count). The van der Waals surface area contributed by atoms with Crippen LogP contribution in [0, 0.1) is 0 Å². The predicted molar refractivity (Wildman–Crippen MR) is 108 cm³/mol. The van der Waals surface area contributed by atoms with Crippen LogP contribution in [0.5, 0.6) is 0 Å². The number of hydrogen-bond donors (Lipinski definition) is 5. The van der Waals surface area contributed by atoms with E-state index >= 15 is 0 Å². The van der Waals surface area contributed by atoms with Crippen molar-refractivity contribution in [1.29, 1.82) is 0 Å². The molecule has 0 aliphatic carbocycles. The van der Waals surface area contributed by atoms with Gasteiger partial charge in [0.15, 0.2) is 5.82 Å². The van der Waals surface area contributed by atoms with Crippen molar-refractivity contribution in [2.75, 3.05) is 42.5 Å². The third-order valence-electron chi connectivity index (χ3n) is 4.35. The standard InChI is InChI=1S/C18H23N7O/c1-19-11-8-14(20-2)16(15(9-11)21-3)12-6-5-7-13-17(12)24-25(4)18(13)23-22-10-26/h5-10,19-21,23H,1-4H3,(H,22,26). The van der Waals surface area contributed by atoms with Gasteiger partial charge >= 0.3 is 0 Å². The minimum atomic E-state index is 0.595. The Morgan fingerprint density at radius 3 is 2.31 bits per heavy atom. The zero-order valence-corrected chi connectivity index (χ0v) is 15.3. The first kappa shape index (κ1) is 17.4. The second-order valence-electron chi connectivity index (χ2n) is 5.76. The SMILES string of the molecule is CNc1cc(NC)c(-c2cccc3c(NNC=O)n(C)nc23)c(NC)c1. The third kappa shape index (κ3) is 2.85. The van der Waals surface area contributed by atoms with E-state index in [0.717, 1.165) is 44.9 Å². The van der Waals surface area contributed by atoms with E-state index in [0.29, 0.717) is 6.41 Å². The van der Waals surface area contributed by atoms with E-state index in [-0.39, 0.29) is 0 Å². The molecule has 26 heavy (non-hydrogen) atoms. The number of nitrogens with one attached hydrogen (secondary N) is 5. The second-order valence-corrected chi connectivity index (χ2v) is 5.76. The van der Waals surface area contributed by atoms with E-state index in [1.807, 2.05) is 46.4 Å². The van der Waals surface area contributed by atoms with E-state index in [4.69, 9.17) is 0 Å². The molecule has 0 aliphatic heterocycles. The number of anilines is 4. The second kappa shape index (κ2) is 7.22. The molecule has 3 aromatic rings. The molecule has 2 aromatic carbocycles. The van der Waals surface area contributed by atoms with Crippen molar-refractivity contribution in [3.63, 3.8) is 0 Å². The van der Waals surface area contributed by atoms with Crippen LogP contribution in [0.25, 0.3) is 22.0 Å². The Bertz CT molecular complexity index is 923. The van der Waals surface area contributed by atoms with Gasteiger partial charge < -0.3 is 16.0 Å². The topological polar surface area (TPSA) is 95.0 Å². The van der Waals surface area contributed by atoms with Crippen molar-refractivity contribution in [3.05, 3.63) is 30.3 Å². The maximum Gasteiger partial charge on any atom is 0.225 e. The molecule has 1 aromatic heterocycles. The van der Waals surface area contributed by atoms with E-state index < -0.39 is 0 Å². The molecule has 1 amide bonds. The summed E-state index contributed by atoms with van der Waals surface area (Å²) >= 11 is 0. The minimum absolute atomic E-state index is 0.595. The highest BCUT2D eigenvalue weighted by Crippen LogP contribution is 2.41. The Balaban J connectivity index is 2.28. The van der Waals surface area contributed by atoms with E-state index in [1.54, 1.807) is 4.68 Å². The number of amides is 1. The maximum absolute atomic E-state index is 10.6. The molecule has 0 bridgehead atoms. The molecular weight excluding hydrogens is 330 g/mol. The number of hydrogen-bond acceptors (Lipinski definition) is 6. The summed E-state index contributed by atoms with van der Waals surface area (Å²) in [5.74, 6) is 0.720.